The van der Waals surface area contributed by atoms with Gasteiger partial charge in [-0.3, -0.25) is 0 Å². The van der Waals surface area contributed by atoms with E-state index in [0.717, 1.165) is 53.8 Å². The van der Waals surface area contributed by atoms with Crippen molar-refractivity contribution in [2.75, 3.05) is 0 Å². The molecule has 0 bridgehead atoms. The van der Waals surface area contributed by atoms with E-state index < -0.39 is 0 Å². The molecule has 51 heavy (non-hydrogen) atoms. The third-order valence-electron chi connectivity index (χ3n) is 9.94. The first-order valence-corrected chi connectivity index (χ1v) is 20.2. The fourth-order valence-electron chi connectivity index (χ4n) is 6.94. The van der Waals surface area contributed by atoms with Crippen LogP contribution in [-0.4, -0.2) is 34.6 Å². The van der Waals surface area contributed by atoms with Crippen LogP contribution in [0.2, 0.25) is 0 Å². The van der Waals surface area contributed by atoms with E-state index in [4.69, 9.17) is 9.97 Å². The molecule has 0 saturated carbocycles. The fourth-order valence-corrected chi connectivity index (χ4v) is 10.2. The van der Waals surface area contributed by atoms with Crippen molar-refractivity contribution in [1.82, 2.24) is 15.0 Å². The second-order valence-electron chi connectivity index (χ2n) is 17.0. The van der Waals surface area contributed by atoms with Crippen LogP contribution in [-0.2, 0) is 16.2 Å². The van der Waals surface area contributed by atoms with Gasteiger partial charge >= 0.3 is 314 Å². The number of hydrogen-bond acceptors (Lipinski definition) is 5. The number of hydrogen-bond donors (Lipinski definition) is 1. The standard InChI is InChI=1S/C45H47N3OSSe/c1-25-13-12-14-26(2)36(25)32-16-15-31(27-19-28(21-29(20-27)43(3,4)5)37-40-35(17-18-50-40)46-24-47-37)38-41(32)51-42(48-38)33-22-30(44(6,7)8)23-34(39(33)49)45(9,10)11/h12-24,49H,1-11H3. The quantitative estimate of drug-likeness (QED) is 0.182. The number of aryl methyl sites for hydroxylation is 2. The van der Waals surface area contributed by atoms with Crippen molar-refractivity contribution < 1.29 is 5.11 Å². The van der Waals surface area contributed by atoms with Crippen LogP contribution in [0.15, 0.2) is 78.4 Å². The number of benzene rings is 4. The first-order valence-electron chi connectivity index (χ1n) is 17.6. The number of fused-ring (bicyclic) bond motifs is 2. The van der Waals surface area contributed by atoms with E-state index in [1.807, 2.05) is 0 Å². The Morgan fingerprint density at radius 3 is 1.98 bits per heavy atom. The number of phenols is 1. The Kier molecular flexibility index (Phi) is 8.69. The molecule has 0 amide bonds. The molecule has 0 aliphatic carbocycles. The molecule has 3 aromatic heterocycles. The van der Waals surface area contributed by atoms with Crippen molar-refractivity contribution in [3.63, 3.8) is 0 Å². The fraction of sp³-hybridized carbons (Fsp3) is 0.311. The van der Waals surface area contributed by atoms with Gasteiger partial charge in [0, 0.05) is 0 Å². The maximum atomic E-state index is 12.0. The predicted molar refractivity (Wildman–Crippen MR) is 219 cm³/mol. The summed E-state index contributed by atoms with van der Waals surface area (Å²) in [6, 6.07) is 24.5. The van der Waals surface area contributed by atoms with Gasteiger partial charge in [0.15, 0.2) is 0 Å². The Morgan fingerprint density at radius 1 is 0.667 bits per heavy atom. The summed E-state index contributed by atoms with van der Waals surface area (Å²) in [6.07, 6.45) is 1.67. The molecule has 7 rings (SSSR count). The number of rotatable bonds is 4. The van der Waals surface area contributed by atoms with Gasteiger partial charge in [0.25, 0.3) is 0 Å². The van der Waals surface area contributed by atoms with Crippen LogP contribution < -0.4 is 0 Å². The van der Waals surface area contributed by atoms with Crippen LogP contribution in [0.4, 0.5) is 0 Å². The first kappa shape index (κ1) is 35.3. The molecule has 7 aromatic rings. The Hall–Kier alpha value is -4.09. The zero-order valence-electron chi connectivity index (χ0n) is 31.6. The molecule has 260 valence electrons. The van der Waals surface area contributed by atoms with Crippen LogP contribution in [0, 0.1) is 13.8 Å². The number of thiophene rings is 1. The summed E-state index contributed by atoms with van der Waals surface area (Å²) >= 11 is 1.53. The van der Waals surface area contributed by atoms with Crippen molar-refractivity contribution in [1.29, 1.82) is 0 Å². The number of aromatic nitrogens is 3. The minimum atomic E-state index is -0.230. The number of phenolic OH excluding ortho intramolecular Hbond substituents is 1. The van der Waals surface area contributed by atoms with Crippen molar-refractivity contribution in [3.05, 3.63) is 106 Å². The molecular weight excluding hydrogens is 710 g/mol. The van der Waals surface area contributed by atoms with Gasteiger partial charge in [-0.25, -0.2) is 0 Å². The molecule has 0 unspecified atom stereocenters. The van der Waals surface area contributed by atoms with Gasteiger partial charge in [0.05, 0.1) is 0 Å². The summed E-state index contributed by atoms with van der Waals surface area (Å²) in [4.78, 5) is 14.9. The second-order valence-corrected chi connectivity index (χ2v) is 20.0. The SMILES string of the molecule is Cc1cccc(C)c1-c1ccc(-c2cc(-c3ncnc4ccsc34)cc(C(C)(C)C)c2)c2nc(-c3cc(C(C)(C)C)cc(C(C)(C)C)c3O)[se]c12. The molecule has 3 heterocycles. The maximum absolute atomic E-state index is 12.0. The average Bonchev–Trinajstić information content (AvgIpc) is 3.71. The van der Waals surface area contributed by atoms with E-state index >= 15 is 0 Å². The Balaban J connectivity index is 1.56. The van der Waals surface area contributed by atoms with Crippen LogP contribution in [0.1, 0.15) is 90.1 Å². The van der Waals surface area contributed by atoms with Crippen molar-refractivity contribution >= 4 is 45.8 Å². The average molecular weight is 757 g/mol. The zero-order chi connectivity index (χ0) is 36.6. The molecule has 1 N–H and O–H groups in total. The summed E-state index contributed by atoms with van der Waals surface area (Å²) in [5.41, 5.74) is 15.1. The monoisotopic (exact) mass is 757 g/mol. The molecule has 0 fully saturated rings. The van der Waals surface area contributed by atoms with E-state index in [1.54, 1.807) is 17.7 Å². The van der Waals surface area contributed by atoms with Crippen LogP contribution in [0.3, 0.4) is 0 Å². The topological polar surface area (TPSA) is 58.9 Å². The van der Waals surface area contributed by atoms with Gasteiger partial charge in [0.1, 0.15) is 0 Å². The normalized spacial score (nSPS) is 12.7. The predicted octanol–water partition coefficient (Wildman–Crippen LogP) is 12.2. The van der Waals surface area contributed by atoms with Gasteiger partial charge in [-0.2, -0.15) is 0 Å². The molecule has 4 nitrogen and oxygen atoms in total. The summed E-state index contributed by atoms with van der Waals surface area (Å²) in [6.45, 7) is 24.4. The Labute approximate surface area is 312 Å². The first-order chi connectivity index (χ1) is 23.9. The molecule has 4 aromatic carbocycles. The van der Waals surface area contributed by atoms with E-state index in [2.05, 4.69) is 153 Å². The third kappa shape index (κ3) is 6.48. The van der Waals surface area contributed by atoms with Crippen molar-refractivity contribution in [3.8, 4) is 49.4 Å². The van der Waals surface area contributed by atoms with E-state index in [0.29, 0.717) is 5.75 Å². The van der Waals surface area contributed by atoms with Gasteiger partial charge < -0.3 is 0 Å². The second kappa shape index (κ2) is 12.5. The molecule has 0 atom stereocenters. The number of aromatic hydroxyl groups is 1. The third-order valence-corrected chi connectivity index (χ3v) is 13.2. The van der Waals surface area contributed by atoms with Crippen LogP contribution in [0.5, 0.6) is 5.75 Å². The van der Waals surface area contributed by atoms with Crippen molar-refractivity contribution in [2.45, 2.75) is 92.4 Å². The van der Waals surface area contributed by atoms with Gasteiger partial charge in [0.2, 0.25) is 0 Å². The zero-order valence-corrected chi connectivity index (χ0v) is 34.1. The molecule has 6 heteroatoms. The van der Waals surface area contributed by atoms with Crippen LogP contribution in [0.25, 0.3) is 63.6 Å². The molecule has 0 saturated heterocycles. The molecule has 0 spiro atoms. The van der Waals surface area contributed by atoms with E-state index in [-0.39, 0.29) is 30.7 Å². The molecule has 0 aliphatic heterocycles. The van der Waals surface area contributed by atoms with Gasteiger partial charge in [-0.1, -0.05) is 0 Å². The molecular formula is C45H47N3OSSe. The Bertz CT molecular complexity index is 2450. The number of nitrogens with zero attached hydrogens (tertiary/aromatic N) is 3. The van der Waals surface area contributed by atoms with Crippen molar-refractivity contribution in [2.24, 2.45) is 0 Å². The van der Waals surface area contributed by atoms with E-state index in [1.165, 1.54) is 37.6 Å². The molecule has 0 aliphatic rings. The summed E-state index contributed by atoms with van der Waals surface area (Å²) < 4.78 is 3.32. The van der Waals surface area contributed by atoms with Crippen LogP contribution >= 0.6 is 11.3 Å². The van der Waals surface area contributed by atoms with Gasteiger partial charge in [-0.15, -0.1) is 0 Å². The summed E-state index contributed by atoms with van der Waals surface area (Å²) in [5.74, 6) is 0.347. The Morgan fingerprint density at radius 2 is 1.31 bits per heavy atom. The summed E-state index contributed by atoms with van der Waals surface area (Å²) in [7, 11) is 0. The molecule has 0 radical (unpaired) electrons. The summed E-state index contributed by atoms with van der Waals surface area (Å²) in [5, 5.41) is 14.1. The van der Waals surface area contributed by atoms with E-state index in [9.17, 15) is 5.11 Å². The minimum absolute atomic E-state index is 0.0885. The van der Waals surface area contributed by atoms with Gasteiger partial charge in [-0.05, 0) is 0 Å².